The van der Waals surface area contributed by atoms with Crippen LogP contribution in [0.25, 0.3) is 0 Å². The molecule has 0 aromatic carbocycles. The molecule has 2 atom stereocenters. The molecule has 2 saturated heterocycles. The minimum Gasteiger partial charge on any atom is -0.323 e. The minimum atomic E-state index is 0.498. The van der Waals surface area contributed by atoms with Crippen LogP contribution in [0.15, 0.2) is 0 Å². The van der Waals surface area contributed by atoms with Gasteiger partial charge in [0.05, 0.1) is 39.0 Å². The molecule has 0 bridgehead atoms. The van der Waals surface area contributed by atoms with E-state index in [1.807, 2.05) is 0 Å². The first-order valence-electron chi connectivity index (χ1n) is 5.07. The second kappa shape index (κ2) is 2.84. The smallest absolute Gasteiger partial charge is 0.144 e. The topological polar surface area (TPSA) is 17.1 Å². The molecule has 2 nitrogen and oxygen atoms in total. The molecular formula is C10H18NO+. The van der Waals surface area contributed by atoms with E-state index in [1.165, 1.54) is 30.3 Å². The number of carbonyl (C=O) groups excluding carboxylic acids is 1. The number of Topliss-reactive ketones (excluding diaryl/α,β-unsaturated/α-hetero) is 1. The predicted octanol–water partition coefficient (Wildman–Crippen LogP) is 1.35. The predicted molar refractivity (Wildman–Crippen MR) is 47.8 cm³/mol. The van der Waals surface area contributed by atoms with Crippen LogP contribution >= 0.6 is 0 Å². The summed E-state index contributed by atoms with van der Waals surface area (Å²) in [6, 6.07) is 0.667. The summed E-state index contributed by atoms with van der Waals surface area (Å²) in [6.07, 6.45) is 5.67. The number of fused-ring (bicyclic) bond motifs is 1. The van der Waals surface area contributed by atoms with Crippen LogP contribution in [0.5, 0.6) is 0 Å². The zero-order chi connectivity index (χ0) is 8.60. The van der Waals surface area contributed by atoms with Crippen molar-refractivity contribution < 1.29 is 9.28 Å². The Bertz CT molecular complexity index is 202. The summed E-state index contributed by atoms with van der Waals surface area (Å²) in [6.45, 7) is 2.40. The van der Waals surface area contributed by atoms with Crippen molar-refractivity contribution >= 4 is 5.78 Å². The molecule has 0 amide bonds. The van der Waals surface area contributed by atoms with E-state index in [0.717, 1.165) is 19.4 Å². The average molecular weight is 168 g/mol. The van der Waals surface area contributed by atoms with Crippen LogP contribution in [0.2, 0.25) is 0 Å². The van der Waals surface area contributed by atoms with Gasteiger partial charge in [-0.15, -0.1) is 0 Å². The van der Waals surface area contributed by atoms with E-state index in [0.29, 0.717) is 11.8 Å². The molecule has 2 aliphatic rings. The van der Waals surface area contributed by atoms with E-state index in [9.17, 15) is 4.79 Å². The number of piperidine rings is 2. The first-order valence-corrected chi connectivity index (χ1v) is 5.07. The fourth-order valence-corrected chi connectivity index (χ4v) is 2.71. The molecule has 1 unspecified atom stereocenters. The number of hydrogen-bond acceptors (Lipinski definition) is 1. The SMILES string of the molecule is C[N+]12CCCC[C@@H]1CC(=O)CC2. The maximum Gasteiger partial charge on any atom is 0.144 e. The Morgan fingerprint density at radius 3 is 3.00 bits per heavy atom. The van der Waals surface area contributed by atoms with E-state index in [4.69, 9.17) is 0 Å². The van der Waals surface area contributed by atoms with Gasteiger partial charge in [0.15, 0.2) is 0 Å². The van der Waals surface area contributed by atoms with Crippen molar-refractivity contribution in [2.45, 2.75) is 38.1 Å². The molecule has 0 spiro atoms. The molecule has 68 valence electrons. The van der Waals surface area contributed by atoms with Gasteiger partial charge >= 0.3 is 0 Å². The quantitative estimate of drug-likeness (QED) is 0.499. The number of ketones is 1. The van der Waals surface area contributed by atoms with Gasteiger partial charge in [0.1, 0.15) is 5.78 Å². The summed E-state index contributed by atoms with van der Waals surface area (Å²) in [5.74, 6) is 0.498. The summed E-state index contributed by atoms with van der Waals surface area (Å²) in [5.41, 5.74) is 0. The van der Waals surface area contributed by atoms with Crippen LogP contribution in [-0.4, -0.2) is 36.4 Å². The Hall–Kier alpha value is -0.370. The van der Waals surface area contributed by atoms with Crippen molar-refractivity contribution in [3.05, 3.63) is 0 Å². The third-order valence-electron chi connectivity index (χ3n) is 3.70. The normalized spacial score (nSPS) is 42.4. The summed E-state index contributed by atoms with van der Waals surface area (Å²) < 4.78 is 1.19. The van der Waals surface area contributed by atoms with Crippen LogP contribution in [-0.2, 0) is 4.79 Å². The lowest BCUT2D eigenvalue weighted by atomic mass is 9.90. The second-order valence-corrected chi connectivity index (χ2v) is 4.57. The second-order valence-electron chi connectivity index (χ2n) is 4.57. The van der Waals surface area contributed by atoms with Crippen molar-refractivity contribution in [1.29, 1.82) is 0 Å². The number of quaternary nitrogens is 1. The Balaban J connectivity index is 2.11. The van der Waals surface area contributed by atoms with Gasteiger partial charge in [-0.05, 0) is 12.8 Å². The standard InChI is InChI=1S/C10H18NO/c1-11-6-3-2-4-9(11)8-10(12)5-7-11/h9H,2-8H2,1H3/q+1/t9-,11?/m1/s1. The van der Waals surface area contributed by atoms with Gasteiger partial charge in [0.2, 0.25) is 0 Å². The zero-order valence-corrected chi connectivity index (χ0v) is 7.88. The van der Waals surface area contributed by atoms with E-state index < -0.39 is 0 Å². The Morgan fingerprint density at radius 2 is 2.17 bits per heavy atom. The molecule has 0 N–H and O–H groups in total. The third-order valence-corrected chi connectivity index (χ3v) is 3.70. The fourth-order valence-electron chi connectivity index (χ4n) is 2.71. The highest BCUT2D eigenvalue weighted by atomic mass is 16.1. The Morgan fingerprint density at radius 1 is 1.33 bits per heavy atom. The van der Waals surface area contributed by atoms with E-state index in [2.05, 4.69) is 7.05 Å². The van der Waals surface area contributed by atoms with E-state index in [-0.39, 0.29) is 0 Å². The van der Waals surface area contributed by atoms with Gasteiger partial charge in [-0.25, -0.2) is 0 Å². The molecule has 0 saturated carbocycles. The Labute approximate surface area is 74.1 Å². The zero-order valence-electron chi connectivity index (χ0n) is 7.88. The van der Waals surface area contributed by atoms with E-state index >= 15 is 0 Å². The van der Waals surface area contributed by atoms with Crippen molar-refractivity contribution in [3.8, 4) is 0 Å². The van der Waals surface area contributed by atoms with Crippen LogP contribution in [0.3, 0.4) is 0 Å². The number of hydrogen-bond donors (Lipinski definition) is 0. The van der Waals surface area contributed by atoms with Gasteiger partial charge in [0.25, 0.3) is 0 Å². The van der Waals surface area contributed by atoms with Crippen LogP contribution < -0.4 is 0 Å². The van der Waals surface area contributed by atoms with Gasteiger partial charge in [-0.1, -0.05) is 0 Å². The fraction of sp³-hybridized carbons (Fsp3) is 0.900. The summed E-state index contributed by atoms with van der Waals surface area (Å²) >= 11 is 0. The maximum absolute atomic E-state index is 11.3. The van der Waals surface area contributed by atoms with Gasteiger partial charge in [-0.2, -0.15) is 0 Å². The van der Waals surface area contributed by atoms with Crippen molar-refractivity contribution in [1.82, 2.24) is 0 Å². The molecule has 12 heavy (non-hydrogen) atoms. The largest absolute Gasteiger partial charge is 0.323 e. The first-order chi connectivity index (χ1) is 5.71. The molecule has 2 fully saturated rings. The molecule has 2 aliphatic heterocycles. The van der Waals surface area contributed by atoms with Gasteiger partial charge in [0, 0.05) is 6.42 Å². The molecule has 0 aromatic rings. The summed E-state index contributed by atoms with van der Waals surface area (Å²) in [5, 5.41) is 0. The number of rotatable bonds is 0. The molecule has 0 aliphatic carbocycles. The molecule has 0 radical (unpaired) electrons. The van der Waals surface area contributed by atoms with E-state index in [1.54, 1.807) is 0 Å². The lowest BCUT2D eigenvalue weighted by Crippen LogP contribution is -2.59. The Kier molecular flexibility index (Phi) is 1.95. The molecule has 2 heteroatoms. The maximum atomic E-state index is 11.3. The van der Waals surface area contributed by atoms with Gasteiger partial charge < -0.3 is 4.48 Å². The molecule has 0 aromatic heterocycles. The molecule has 2 heterocycles. The number of carbonyl (C=O) groups is 1. The summed E-state index contributed by atoms with van der Waals surface area (Å²) in [4.78, 5) is 11.3. The minimum absolute atomic E-state index is 0.498. The van der Waals surface area contributed by atoms with Crippen LogP contribution in [0.4, 0.5) is 0 Å². The van der Waals surface area contributed by atoms with Crippen molar-refractivity contribution in [2.75, 3.05) is 20.1 Å². The van der Waals surface area contributed by atoms with Crippen LogP contribution in [0, 0.1) is 0 Å². The average Bonchev–Trinajstić information content (AvgIpc) is 2.06. The highest BCUT2D eigenvalue weighted by Gasteiger charge is 2.40. The third kappa shape index (κ3) is 1.28. The molecule has 2 rings (SSSR count). The monoisotopic (exact) mass is 168 g/mol. The summed E-state index contributed by atoms with van der Waals surface area (Å²) in [7, 11) is 2.33. The highest BCUT2D eigenvalue weighted by molar-refractivity contribution is 5.79. The van der Waals surface area contributed by atoms with Crippen molar-refractivity contribution in [3.63, 3.8) is 0 Å². The molecular weight excluding hydrogens is 150 g/mol. The highest BCUT2D eigenvalue weighted by Crippen LogP contribution is 2.30. The first kappa shape index (κ1) is 8.24. The lowest BCUT2D eigenvalue weighted by molar-refractivity contribution is -0.939. The van der Waals surface area contributed by atoms with Crippen LogP contribution in [0.1, 0.15) is 32.1 Å². The van der Waals surface area contributed by atoms with Crippen molar-refractivity contribution in [2.24, 2.45) is 0 Å². The van der Waals surface area contributed by atoms with Gasteiger partial charge in [-0.3, -0.25) is 4.79 Å². The number of nitrogens with zero attached hydrogens (tertiary/aromatic N) is 1. The lowest BCUT2D eigenvalue weighted by Gasteiger charge is -2.47.